The molecular formula is C14H18N2O2S. The maximum absolute atomic E-state index is 12.0. The summed E-state index contributed by atoms with van der Waals surface area (Å²) in [5, 5.41) is 5.42. The Kier molecular flexibility index (Phi) is 4.85. The molecule has 1 aromatic rings. The summed E-state index contributed by atoms with van der Waals surface area (Å²) in [6.45, 7) is 2.75. The first-order chi connectivity index (χ1) is 9.20. The van der Waals surface area contributed by atoms with Gasteiger partial charge in [0.2, 0.25) is 11.8 Å². The van der Waals surface area contributed by atoms with Gasteiger partial charge in [0.25, 0.3) is 0 Å². The van der Waals surface area contributed by atoms with E-state index in [2.05, 4.69) is 17.6 Å². The fourth-order valence-electron chi connectivity index (χ4n) is 2.04. The molecule has 0 spiro atoms. The van der Waals surface area contributed by atoms with Crippen molar-refractivity contribution in [1.82, 2.24) is 5.32 Å². The lowest BCUT2D eigenvalue weighted by Crippen LogP contribution is -2.40. The van der Waals surface area contributed by atoms with Crippen LogP contribution in [0.3, 0.4) is 0 Å². The lowest BCUT2D eigenvalue weighted by molar-refractivity contribution is -0.123. The second kappa shape index (κ2) is 6.61. The maximum atomic E-state index is 12.0. The van der Waals surface area contributed by atoms with Gasteiger partial charge in [-0.25, -0.2) is 0 Å². The largest absolute Gasteiger partial charge is 0.354 e. The molecule has 1 aromatic carbocycles. The number of nitrogens with one attached hydrogen (secondary N) is 2. The van der Waals surface area contributed by atoms with E-state index < -0.39 is 0 Å². The van der Waals surface area contributed by atoms with Crippen LogP contribution < -0.4 is 10.6 Å². The zero-order valence-electron chi connectivity index (χ0n) is 10.9. The normalized spacial score (nSPS) is 18.8. The Morgan fingerprint density at radius 1 is 1.47 bits per heavy atom. The molecule has 2 amide bonds. The number of rotatable bonds is 4. The summed E-state index contributed by atoms with van der Waals surface area (Å²) < 4.78 is 0. The van der Waals surface area contributed by atoms with Crippen molar-refractivity contribution in [3.63, 3.8) is 0 Å². The number of anilines is 1. The average Bonchev–Trinajstić information content (AvgIpc) is 2.42. The minimum atomic E-state index is -0.262. The van der Waals surface area contributed by atoms with Gasteiger partial charge in [0.05, 0.1) is 5.25 Å². The van der Waals surface area contributed by atoms with Crippen molar-refractivity contribution in [2.45, 2.75) is 25.0 Å². The molecule has 1 fully saturated rings. The molecule has 1 saturated heterocycles. The van der Waals surface area contributed by atoms with Crippen LogP contribution in [0.1, 0.15) is 18.9 Å². The van der Waals surface area contributed by atoms with Crippen molar-refractivity contribution < 1.29 is 9.59 Å². The van der Waals surface area contributed by atoms with Crippen LogP contribution in [-0.2, 0) is 16.0 Å². The molecule has 1 atom stereocenters. The molecular weight excluding hydrogens is 260 g/mol. The third-order valence-electron chi connectivity index (χ3n) is 3.06. The lowest BCUT2D eigenvalue weighted by Gasteiger charge is -2.21. The molecule has 102 valence electrons. The molecule has 5 heteroatoms. The molecule has 0 bridgehead atoms. The Morgan fingerprint density at radius 3 is 3.00 bits per heavy atom. The summed E-state index contributed by atoms with van der Waals surface area (Å²) in [6.07, 6.45) is 1.10. The van der Waals surface area contributed by atoms with Crippen molar-refractivity contribution in [3.8, 4) is 0 Å². The number of amides is 2. The zero-order chi connectivity index (χ0) is 13.7. The van der Waals surface area contributed by atoms with E-state index in [4.69, 9.17) is 0 Å². The number of para-hydroxylation sites is 1. The maximum Gasteiger partial charge on any atom is 0.233 e. The number of benzene rings is 1. The predicted octanol–water partition coefficient (Wildman–Crippen LogP) is 1.81. The van der Waals surface area contributed by atoms with Gasteiger partial charge in [0.15, 0.2) is 0 Å². The van der Waals surface area contributed by atoms with Gasteiger partial charge in [0.1, 0.15) is 0 Å². The highest BCUT2D eigenvalue weighted by Crippen LogP contribution is 2.20. The Balaban J connectivity index is 1.95. The molecule has 19 heavy (non-hydrogen) atoms. The fraction of sp³-hybridized carbons (Fsp3) is 0.429. The van der Waals surface area contributed by atoms with Crippen LogP contribution in [0.15, 0.2) is 24.3 Å². The van der Waals surface area contributed by atoms with E-state index in [9.17, 15) is 9.59 Å². The molecule has 2 rings (SSSR count). The molecule has 0 radical (unpaired) electrons. The van der Waals surface area contributed by atoms with Crippen LogP contribution in [0.25, 0.3) is 0 Å². The topological polar surface area (TPSA) is 58.2 Å². The van der Waals surface area contributed by atoms with Crippen molar-refractivity contribution in [1.29, 1.82) is 0 Å². The number of hydrogen-bond acceptors (Lipinski definition) is 3. The van der Waals surface area contributed by atoms with Crippen LogP contribution in [0.5, 0.6) is 0 Å². The van der Waals surface area contributed by atoms with Crippen LogP contribution in [0.4, 0.5) is 5.69 Å². The number of carbonyl (C=O) groups is 2. The Hall–Kier alpha value is -1.49. The van der Waals surface area contributed by atoms with Gasteiger partial charge in [-0.15, -0.1) is 11.8 Å². The minimum Gasteiger partial charge on any atom is -0.354 e. The molecule has 0 unspecified atom stereocenters. The molecule has 1 heterocycles. The van der Waals surface area contributed by atoms with Crippen LogP contribution in [0, 0.1) is 0 Å². The monoisotopic (exact) mass is 278 g/mol. The van der Waals surface area contributed by atoms with Gasteiger partial charge >= 0.3 is 0 Å². The highest BCUT2D eigenvalue weighted by molar-refractivity contribution is 8.00. The van der Waals surface area contributed by atoms with E-state index in [1.807, 2.05) is 24.3 Å². The number of carbonyl (C=O) groups excluding carboxylic acids is 2. The standard InChI is InChI=1S/C14H18N2O2S/c1-2-10-5-3-4-6-11(10)16-13(17)9-12-14(18)15-7-8-19-12/h3-6,12H,2,7-9H2,1H3,(H,15,18)(H,16,17)/t12-/m1/s1. The van der Waals surface area contributed by atoms with Gasteiger partial charge in [-0.3, -0.25) is 9.59 Å². The summed E-state index contributed by atoms with van der Waals surface area (Å²) in [5.74, 6) is 0.737. The van der Waals surface area contributed by atoms with E-state index in [1.165, 1.54) is 0 Å². The molecule has 0 aromatic heterocycles. The van der Waals surface area contributed by atoms with Crippen molar-refractivity contribution in [2.75, 3.05) is 17.6 Å². The fourth-order valence-corrected chi connectivity index (χ4v) is 3.05. The van der Waals surface area contributed by atoms with E-state index in [0.29, 0.717) is 6.54 Å². The molecule has 4 nitrogen and oxygen atoms in total. The van der Waals surface area contributed by atoms with Gasteiger partial charge < -0.3 is 10.6 Å². The molecule has 0 aliphatic carbocycles. The van der Waals surface area contributed by atoms with Crippen molar-refractivity contribution in [3.05, 3.63) is 29.8 Å². The summed E-state index contributed by atoms with van der Waals surface area (Å²) >= 11 is 1.55. The van der Waals surface area contributed by atoms with Gasteiger partial charge in [0, 0.05) is 24.4 Å². The molecule has 1 aliphatic heterocycles. The van der Waals surface area contributed by atoms with Gasteiger partial charge in [-0.2, -0.15) is 0 Å². The zero-order valence-corrected chi connectivity index (χ0v) is 11.8. The van der Waals surface area contributed by atoms with Gasteiger partial charge in [-0.05, 0) is 18.1 Å². The second-order valence-electron chi connectivity index (χ2n) is 4.41. The first kappa shape index (κ1) is 13.9. The highest BCUT2D eigenvalue weighted by Gasteiger charge is 2.25. The first-order valence-corrected chi connectivity index (χ1v) is 7.52. The highest BCUT2D eigenvalue weighted by atomic mass is 32.2. The smallest absolute Gasteiger partial charge is 0.233 e. The summed E-state index contributed by atoms with van der Waals surface area (Å²) in [5.41, 5.74) is 1.95. The third kappa shape index (κ3) is 3.73. The van der Waals surface area contributed by atoms with E-state index >= 15 is 0 Å². The van der Waals surface area contributed by atoms with Crippen molar-refractivity contribution >= 4 is 29.3 Å². The van der Waals surface area contributed by atoms with E-state index in [-0.39, 0.29) is 23.5 Å². The van der Waals surface area contributed by atoms with E-state index in [1.54, 1.807) is 11.8 Å². The number of hydrogen-bond donors (Lipinski definition) is 2. The molecule has 0 saturated carbocycles. The van der Waals surface area contributed by atoms with Crippen LogP contribution in [0.2, 0.25) is 0 Å². The third-order valence-corrected chi connectivity index (χ3v) is 4.28. The Labute approximate surface area is 117 Å². The number of thioether (sulfide) groups is 1. The second-order valence-corrected chi connectivity index (χ2v) is 5.72. The quantitative estimate of drug-likeness (QED) is 0.883. The lowest BCUT2D eigenvalue weighted by atomic mass is 10.1. The predicted molar refractivity (Wildman–Crippen MR) is 78.3 cm³/mol. The van der Waals surface area contributed by atoms with Crippen LogP contribution in [-0.4, -0.2) is 29.4 Å². The van der Waals surface area contributed by atoms with Crippen molar-refractivity contribution in [2.24, 2.45) is 0 Å². The molecule has 2 N–H and O–H groups in total. The summed E-state index contributed by atoms with van der Waals surface area (Å²) in [6, 6.07) is 7.75. The molecule has 1 aliphatic rings. The Morgan fingerprint density at radius 2 is 2.26 bits per heavy atom. The number of aryl methyl sites for hydroxylation is 1. The van der Waals surface area contributed by atoms with Crippen LogP contribution >= 0.6 is 11.8 Å². The average molecular weight is 278 g/mol. The minimum absolute atomic E-state index is 0.0322. The first-order valence-electron chi connectivity index (χ1n) is 6.47. The Bertz CT molecular complexity index is 476. The van der Waals surface area contributed by atoms with Gasteiger partial charge in [-0.1, -0.05) is 25.1 Å². The summed E-state index contributed by atoms with van der Waals surface area (Å²) in [4.78, 5) is 23.6. The SMILES string of the molecule is CCc1ccccc1NC(=O)C[C@H]1SCCNC1=O. The van der Waals surface area contributed by atoms with E-state index in [0.717, 1.165) is 23.4 Å². The summed E-state index contributed by atoms with van der Waals surface area (Å²) in [7, 11) is 0.